The summed E-state index contributed by atoms with van der Waals surface area (Å²) < 4.78 is 6.52. The normalized spacial score (nSPS) is 10.2. The summed E-state index contributed by atoms with van der Waals surface area (Å²) in [7, 11) is 1.54. The minimum Gasteiger partial charge on any atom is -0.478 e. The number of nitro groups is 1. The molecule has 1 N–H and O–H groups in total. The standard InChI is InChI=1S/C11H9N3O5/c1-13-6-9(14(17)18)10(12-13)19-8-4-2-7(3-5-8)11(15)16/h2-6H,1H3,(H,15,16). The second-order valence-electron chi connectivity index (χ2n) is 3.68. The van der Waals surface area contributed by atoms with Crippen LogP contribution >= 0.6 is 0 Å². The van der Waals surface area contributed by atoms with Crippen LogP contribution in [0, 0.1) is 10.1 Å². The fraction of sp³-hybridized carbons (Fsp3) is 0.0909. The summed E-state index contributed by atoms with van der Waals surface area (Å²) in [6.07, 6.45) is 1.22. The van der Waals surface area contributed by atoms with Crippen LogP contribution < -0.4 is 4.74 Å². The Morgan fingerprint density at radius 2 is 2.05 bits per heavy atom. The Hall–Kier alpha value is -2.90. The van der Waals surface area contributed by atoms with E-state index in [9.17, 15) is 14.9 Å². The van der Waals surface area contributed by atoms with E-state index in [0.717, 1.165) is 0 Å². The van der Waals surface area contributed by atoms with E-state index >= 15 is 0 Å². The van der Waals surface area contributed by atoms with Gasteiger partial charge in [0.05, 0.1) is 10.5 Å². The zero-order chi connectivity index (χ0) is 14.0. The second-order valence-corrected chi connectivity index (χ2v) is 3.68. The summed E-state index contributed by atoms with van der Waals surface area (Å²) in [5.74, 6) is -0.933. The number of aryl methyl sites for hydroxylation is 1. The first-order chi connectivity index (χ1) is 8.97. The van der Waals surface area contributed by atoms with E-state index in [1.165, 1.54) is 42.2 Å². The van der Waals surface area contributed by atoms with Crippen molar-refractivity contribution < 1.29 is 19.6 Å². The molecule has 0 aliphatic rings. The molecule has 0 aliphatic carbocycles. The van der Waals surface area contributed by atoms with Gasteiger partial charge in [0.2, 0.25) is 0 Å². The average Bonchev–Trinajstić information content (AvgIpc) is 2.71. The van der Waals surface area contributed by atoms with Crippen molar-refractivity contribution in [2.45, 2.75) is 0 Å². The van der Waals surface area contributed by atoms with Gasteiger partial charge in [0.25, 0.3) is 0 Å². The molecule has 0 atom stereocenters. The van der Waals surface area contributed by atoms with Crippen molar-refractivity contribution in [2.75, 3.05) is 0 Å². The number of carboxylic acids is 1. The average molecular weight is 263 g/mol. The number of hydrogen-bond acceptors (Lipinski definition) is 5. The van der Waals surface area contributed by atoms with Gasteiger partial charge < -0.3 is 9.84 Å². The Morgan fingerprint density at radius 1 is 1.42 bits per heavy atom. The van der Waals surface area contributed by atoms with Crippen LogP contribution in [0.4, 0.5) is 5.69 Å². The van der Waals surface area contributed by atoms with Gasteiger partial charge in [0.15, 0.2) is 0 Å². The van der Waals surface area contributed by atoms with E-state index < -0.39 is 10.9 Å². The third-order valence-corrected chi connectivity index (χ3v) is 2.29. The van der Waals surface area contributed by atoms with Crippen molar-refractivity contribution in [2.24, 2.45) is 7.05 Å². The summed E-state index contributed by atoms with van der Waals surface area (Å²) in [6.45, 7) is 0. The van der Waals surface area contributed by atoms with E-state index in [4.69, 9.17) is 9.84 Å². The van der Waals surface area contributed by atoms with Gasteiger partial charge in [-0.1, -0.05) is 0 Å². The fourth-order valence-corrected chi connectivity index (χ4v) is 1.43. The number of ether oxygens (including phenoxy) is 1. The second kappa shape index (κ2) is 4.77. The van der Waals surface area contributed by atoms with Crippen molar-refractivity contribution in [1.82, 2.24) is 9.78 Å². The lowest BCUT2D eigenvalue weighted by Crippen LogP contribution is -1.96. The van der Waals surface area contributed by atoms with Gasteiger partial charge in [-0.25, -0.2) is 4.79 Å². The molecular weight excluding hydrogens is 254 g/mol. The van der Waals surface area contributed by atoms with Crippen LogP contribution in [0.1, 0.15) is 10.4 Å². The molecule has 0 saturated heterocycles. The Morgan fingerprint density at radius 3 is 2.58 bits per heavy atom. The van der Waals surface area contributed by atoms with Crippen molar-refractivity contribution in [3.8, 4) is 11.6 Å². The molecule has 1 aromatic heterocycles. The monoisotopic (exact) mass is 263 g/mol. The molecule has 0 amide bonds. The number of aromatic carboxylic acids is 1. The van der Waals surface area contributed by atoms with Gasteiger partial charge in [0.1, 0.15) is 11.9 Å². The molecule has 0 aliphatic heterocycles. The van der Waals surface area contributed by atoms with Gasteiger partial charge in [-0.3, -0.25) is 14.8 Å². The molecule has 1 heterocycles. The smallest absolute Gasteiger partial charge is 0.350 e. The summed E-state index contributed by atoms with van der Waals surface area (Å²) in [4.78, 5) is 20.8. The van der Waals surface area contributed by atoms with Gasteiger partial charge in [0, 0.05) is 7.05 Å². The molecule has 0 spiro atoms. The maximum atomic E-state index is 10.8. The SMILES string of the molecule is Cn1cc([N+](=O)[O-])c(Oc2ccc(C(=O)O)cc2)n1. The Balaban J connectivity index is 2.26. The lowest BCUT2D eigenvalue weighted by Gasteiger charge is -2.02. The van der Waals surface area contributed by atoms with Crippen LogP contribution in [0.15, 0.2) is 30.5 Å². The molecule has 98 valence electrons. The molecule has 8 nitrogen and oxygen atoms in total. The Bertz CT molecular complexity index is 632. The molecule has 0 saturated carbocycles. The highest BCUT2D eigenvalue weighted by atomic mass is 16.6. The molecular formula is C11H9N3O5. The third kappa shape index (κ3) is 2.68. The molecule has 0 unspecified atom stereocenters. The molecule has 2 rings (SSSR count). The van der Waals surface area contributed by atoms with E-state index in [1.54, 1.807) is 0 Å². The van der Waals surface area contributed by atoms with Crippen LogP contribution in [0.3, 0.4) is 0 Å². The topological polar surface area (TPSA) is 107 Å². The zero-order valence-corrected chi connectivity index (χ0v) is 9.81. The summed E-state index contributed by atoms with van der Waals surface area (Å²) in [5, 5.41) is 23.3. The van der Waals surface area contributed by atoms with E-state index in [1.807, 2.05) is 0 Å². The minimum absolute atomic E-state index is 0.0999. The van der Waals surface area contributed by atoms with Crippen LogP contribution in [0.5, 0.6) is 11.6 Å². The molecule has 2 aromatic rings. The quantitative estimate of drug-likeness (QED) is 0.665. The van der Waals surface area contributed by atoms with Gasteiger partial charge in [-0.2, -0.15) is 0 Å². The van der Waals surface area contributed by atoms with Crippen LogP contribution in [0.2, 0.25) is 0 Å². The van der Waals surface area contributed by atoms with Gasteiger partial charge >= 0.3 is 17.5 Å². The molecule has 19 heavy (non-hydrogen) atoms. The molecule has 0 radical (unpaired) electrons. The Kier molecular flexibility index (Phi) is 3.15. The van der Waals surface area contributed by atoms with Crippen LogP contribution in [0.25, 0.3) is 0 Å². The first-order valence-corrected chi connectivity index (χ1v) is 5.16. The predicted octanol–water partition coefficient (Wildman–Crippen LogP) is 1.82. The van der Waals surface area contributed by atoms with Crippen molar-refractivity contribution in [3.05, 3.63) is 46.1 Å². The van der Waals surface area contributed by atoms with Crippen molar-refractivity contribution >= 4 is 11.7 Å². The molecule has 0 bridgehead atoms. The third-order valence-electron chi connectivity index (χ3n) is 2.29. The summed E-state index contributed by atoms with van der Waals surface area (Å²) in [6, 6.07) is 5.49. The first kappa shape index (κ1) is 12.6. The number of nitrogens with zero attached hydrogens (tertiary/aromatic N) is 3. The van der Waals surface area contributed by atoms with Crippen molar-refractivity contribution in [1.29, 1.82) is 0 Å². The number of aromatic nitrogens is 2. The fourth-order valence-electron chi connectivity index (χ4n) is 1.43. The molecule has 1 aromatic carbocycles. The minimum atomic E-state index is -1.06. The van der Waals surface area contributed by atoms with E-state index in [0.29, 0.717) is 0 Å². The largest absolute Gasteiger partial charge is 0.478 e. The number of hydrogen-bond donors (Lipinski definition) is 1. The molecule has 8 heteroatoms. The predicted molar refractivity (Wildman–Crippen MR) is 63.3 cm³/mol. The zero-order valence-electron chi connectivity index (χ0n) is 9.81. The van der Waals surface area contributed by atoms with Crippen LogP contribution in [-0.4, -0.2) is 25.8 Å². The number of rotatable bonds is 4. The van der Waals surface area contributed by atoms with Crippen LogP contribution in [-0.2, 0) is 7.05 Å². The van der Waals surface area contributed by atoms with Gasteiger partial charge in [-0.05, 0) is 24.3 Å². The summed E-state index contributed by atoms with van der Waals surface area (Å²) >= 11 is 0. The van der Waals surface area contributed by atoms with E-state index in [-0.39, 0.29) is 22.9 Å². The maximum Gasteiger partial charge on any atom is 0.350 e. The highest BCUT2D eigenvalue weighted by Gasteiger charge is 2.20. The lowest BCUT2D eigenvalue weighted by atomic mass is 10.2. The maximum absolute atomic E-state index is 10.8. The highest BCUT2D eigenvalue weighted by Crippen LogP contribution is 2.29. The lowest BCUT2D eigenvalue weighted by molar-refractivity contribution is -0.385. The molecule has 0 fully saturated rings. The Labute approximate surface area is 107 Å². The van der Waals surface area contributed by atoms with Gasteiger partial charge in [-0.15, -0.1) is 5.10 Å². The van der Waals surface area contributed by atoms with E-state index in [2.05, 4.69) is 5.10 Å². The highest BCUT2D eigenvalue weighted by molar-refractivity contribution is 5.87. The summed E-state index contributed by atoms with van der Waals surface area (Å²) in [5.41, 5.74) is -0.160. The van der Waals surface area contributed by atoms with Crippen molar-refractivity contribution in [3.63, 3.8) is 0 Å². The number of benzene rings is 1. The first-order valence-electron chi connectivity index (χ1n) is 5.16. The number of carbonyl (C=O) groups is 1. The number of carboxylic acid groups (broad SMARTS) is 1.